The van der Waals surface area contributed by atoms with E-state index >= 15 is 4.79 Å². The Morgan fingerprint density at radius 3 is 2.43 bits per heavy atom. The molecule has 47 heavy (non-hydrogen) atoms. The van der Waals surface area contributed by atoms with Crippen molar-refractivity contribution in [3.05, 3.63) is 53.1 Å². The van der Waals surface area contributed by atoms with Crippen molar-refractivity contribution < 1.29 is 22.7 Å². The van der Waals surface area contributed by atoms with Gasteiger partial charge in [0, 0.05) is 47.6 Å². The van der Waals surface area contributed by atoms with Crippen LogP contribution in [-0.2, 0) is 20.4 Å². The maximum atomic E-state index is 15.3. The van der Waals surface area contributed by atoms with Gasteiger partial charge in [-0.25, -0.2) is 13.1 Å². The Balaban J connectivity index is 1.35. The van der Waals surface area contributed by atoms with Gasteiger partial charge in [-0.15, -0.1) is 0 Å². The molecule has 2 saturated carbocycles. The lowest BCUT2D eigenvalue weighted by Gasteiger charge is -2.43. The highest BCUT2D eigenvalue weighted by molar-refractivity contribution is 7.90. The molecule has 1 aromatic heterocycles. The summed E-state index contributed by atoms with van der Waals surface area (Å²) in [5.41, 5.74) is 5.02. The molecule has 8 rings (SSSR count). The summed E-state index contributed by atoms with van der Waals surface area (Å²) in [6.07, 6.45) is 8.86. The number of carbonyl (C=O) groups excluding carboxylic acids is 2. The molecule has 5 unspecified atom stereocenters. The van der Waals surface area contributed by atoms with E-state index in [0.717, 1.165) is 79.5 Å². The summed E-state index contributed by atoms with van der Waals surface area (Å²) in [7, 11) is 0.0178. The van der Waals surface area contributed by atoms with Gasteiger partial charge in [0.05, 0.1) is 23.6 Å². The summed E-state index contributed by atoms with van der Waals surface area (Å²) < 4.78 is 36.2. The number of hydrogen-bond acceptors (Lipinski definition) is 6. The molecule has 4 fully saturated rings. The highest BCUT2D eigenvalue weighted by atomic mass is 32.2. The predicted octanol–water partition coefficient (Wildman–Crippen LogP) is 5.72. The molecule has 0 radical (unpaired) electrons. The number of carbonyl (C=O) groups is 2. The molecule has 250 valence electrons. The van der Waals surface area contributed by atoms with Crippen LogP contribution in [0.3, 0.4) is 0 Å². The molecule has 1 N–H and O–H groups in total. The van der Waals surface area contributed by atoms with Crippen molar-refractivity contribution in [2.75, 3.05) is 27.2 Å². The Hall–Kier alpha value is -3.37. The predicted molar refractivity (Wildman–Crippen MR) is 182 cm³/mol. The topological polar surface area (TPSA) is 101 Å². The van der Waals surface area contributed by atoms with Crippen molar-refractivity contribution in [1.29, 1.82) is 0 Å². The number of rotatable bonds is 7. The van der Waals surface area contributed by atoms with Gasteiger partial charge >= 0.3 is 0 Å². The smallest absolute Gasteiger partial charge is 0.264 e. The van der Waals surface area contributed by atoms with Crippen LogP contribution in [0.2, 0.25) is 0 Å². The molecule has 2 bridgehead atoms. The molecule has 10 heteroatoms. The first-order valence-corrected chi connectivity index (χ1v) is 19.1. The summed E-state index contributed by atoms with van der Waals surface area (Å²) in [6.45, 7) is 5.17. The maximum absolute atomic E-state index is 15.3. The van der Waals surface area contributed by atoms with Crippen LogP contribution in [-0.4, -0.2) is 79.2 Å². The van der Waals surface area contributed by atoms with Gasteiger partial charge in [0.25, 0.3) is 5.91 Å². The second kappa shape index (κ2) is 11.1. The summed E-state index contributed by atoms with van der Waals surface area (Å²) in [6, 6.07) is 12.3. The second-order valence-electron chi connectivity index (χ2n) is 14.8. The van der Waals surface area contributed by atoms with E-state index in [-0.39, 0.29) is 23.9 Å². The van der Waals surface area contributed by atoms with Crippen LogP contribution in [0.15, 0.2) is 36.4 Å². The second-order valence-corrected chi connectivity index (χ2v) is 16.9. The average molecular weight is 659 g/mol. The highest BCUT2D eigenvalue weighted by Gasteiger charge is 2.68. The minimum absolute atomic E-state index is 0.00951. The van der Waals surface area contributed by atoms with E-state index in [1.54, 1.807) is 27.0 Å². The van der Waals surface area contributed by atoms with Gasteiger partial charge < -0.3 is 19.1 Å². The van der Waals surface area contributed by atoms with Gasteiger partial charge in [0.15, 0.2) is 0 Å². The van der Waals surface area contributed by atoms with E-state index in [1.807, 2.05) is 18.2 Å². The number of likely N-dealkylation sites (N-methyl/N-ethyl adjacent to an activating group) is 1. The molecule has 4 heterocycles. The van der Waals surface area contributed by atoms with Crippen LogP contribution in [0.25, 0.3) is 22.2 Å². The van der Waals surface area contributed by atoms with Crippen LogP contribution >= 0.6 is 0 Å². The van der Waals surface area contributed by atoms with Gasteiger partial charge in [-0.1, -0.05) is 32.3 Å². The summed E-state index contributed by atoms with van der Waals surface area (Å²) in [5.74, 6) is 0.684. The Kier molecular flexibility index (Phi) is 7.30. The van der Waals surface area contributed by atoms with Crippen molar-refractivity contribution >= 4 is 32.7 Å². The fourth-order valence-electron chi connectivity index (χ4n) is 9.49. The number of likely N-dealkylation sites (tertiary alicyclic amines) is 1. The van der Waals surface area contributed by atoms with Gasteiger partial charge in [-0.05, 0) is 99.9 Å². The lowest BCUT2D eigenvalue weighted by molar-refractivity contribution is -0.142. The molecule has 2 aliphatic carbocycles. The Bertz CT molecular complexity index is 1880. The number of fused-ring (bicyclic) bond motifs is 10. The number of amides is 2. The lowest BCUT2D eigenvalue weighted by Crippen LogP contribution is -2.58. The Labute approximate surface area is 277 Å². The van der Waals surface area contributed by atoms with Gasteiger partial charge in [0.1, 0.15) is 11.3 Å². The normalized spacial score (nSPS) is 27.6. The first-order valence-electron chi connectivity index (χ1n) is 17.5. The lowest BCUT2D eigenvalue weighted by atomic mass is 9.80. The monoisotopic (exact) mass is 658 g/mol. The van der Waals surface area contributed by atoms with Crippen molar-refractivity contribution in [3.63, 3.8) is 0 Å². The molecular weight excluding hydrogens is 612 g/mol. The van der Waals surface area contributed by atoms with Crippen molar-refractivity contribution in [2.24, 2.45) is 0 Å². The number of hydrogen-bond donors (Lipinski definition) is 1. The van der Waals surface area contributed by atoms with Crippen LogP contribution < -0.4 is 9.46 Å². The van der Waals surface area contributed by atoms with Crippen molar-refractivity contribution in [1.82, 2.24) is 19.1 Å². The molecule has 2 amide bonds. The minimum Gasteiger partial charge on any atom is -0.497 e. The number of aromatic nitrogens is 1. The third kappa shape index (κ3) is 4.60. The quantitative estimate of drug-likeness (QED) is 0.349. The summed E-state index contributed by atoms with van der Waals surface area (Å²) >= 11 is 0. The van der Waals surface area contributed by atoms with E-state index in [1.165, 1.54) is 17.5 Å². The number of benzene rings is 2. The van der Waals surface area contributed by atoms with Crippen LogP contribution in [0.5, 0.6) is 5.75 Å². The molecule has 2 saturated heterocycles. The third-order valence-electron chi connectivity index (χ3n) is 12.1. The fraction of sp³-hybridized carbons (Fsp3) is 0.568. The summed E-state index contributed by atoms with van der Waals surface area (Å²) in [4.78, 5) is 33.4. The molecule has 3 aliphatic heterocycles. The van der Waals surface area contributed by atoms with Crippen molar-refractivity contribution in [3.8, 4) is 17.0 Å². The fourth-order valence-corrected chi connectivity index (χ4v) is 10.5. The van der Waals surface area contributed by atoms with E-state index in [4.69, 9.17) is 4.74 Å². The van der Waals surface area contributed by atoms with E-state index in [0.29, 0.717) is 24.3 Å². The first kappa shape index (κ1) is 30.9. The van der Waals surface area contributed by atoms with Crippen LogP contribution in [0.4, 0.5) is 0 Å². The Morgan fingerprint density at radius 2 is 1.74 bits per heavy atom. The highest BCUT2D eigenvalue weighted by Crippen LogP contribution is 2.67. The zero-order valence-corrected chi connectivity index (χ0v) is 28.7. The zero-order valence-electron chi connectivity index (χ0n) is 27.9. The van der Waals surface area contributed by atoms with Crippen molar-refractivity contribution in [2.45, 2.75) is 106 Å². The number of methoxy groups -OCH3 is 1. The molecular formula is C37H46N4O5S. The summed E-state index contributed by atoms with van der Waals surface area (Å²) in [5, 5.41) is 0.380. The number of nitrogens with one attached hydrogen (secondary N) is 1. The number of ether oxygens (including phenoxy) is 1. The van der Waals surface area contributed by atoms with E-state index in [2.05, 4.69) is 38.3 Å². The molecule has 2 aromatic carbocycles. The largest absolute Gasteiger partial charge is 0.497 e. The van der Waals surface area contributed by atoms with Gasteiger partial charge in [-0.2, -0.15) is 0 Å². The van der Waals surface area contributed by atoms with E-state index < -0.39 is 26.7 Å². The first-order chi connectivity index (χ1) is 22.6. The van der Waals surface area contributed by atoms with E-state index in [9.17, 15) is 13.2 Å². The average Bonchev–Trinajstić information content (AvgIpc) is 3.66. The molecule has 5 atom stereocenters. The molecule has 3 aromatic rings. The molecule has 9 nitrogen and oxygen atoms in total. The standard InChI is InChI=1S/C37H46N4O5S/c1-5-22(2)47(44,45)38-35(42)24-11-15-29-32(17-24)41-34(33(29)23-9-7-6-8-10-23)28-16-14-27(46-4)18-30(28)31-19-37(31,41)36(43)40-25-12-13-26(40)21-39(3)20-25/h11,14-18,22-23,25-26,31H,5-10,12-13,19-21H2,1-4H3,(H,38,42). The third-order valence-corrected chi connectivity index (χ3v) is 14.0. The van der Waals surface area contributed by atoms with Gasteiger partial charge in [0.2, 0.25) is 15.9 Å². The SMILES string of the molecule is CCC(C)S(=O)(=O)NC(=O)c1ccc2c(C3CCCCC3)c3n(c2c1)C1(C(=O)N2C4CCC2CN(C)C4)CC1c1cc(OC)ccc1-3. The Morgan fingerprint density at radius 1 is 1.02 bits per heavy atom. The van der Waals surface area contributed by atoms with Gasteiger partial charge in [-0.3, -0.25) is 9.59 Å². The molecule has 0 spiro atoms. The molecule has 5 aliphatic rings. The van der Waals surface area contributed by atoms with Crippen LogP contribution in [0.1, 0.15) is 105 Å². The zero-order chi connectivity index (χ0) is 32.8. The van der Waals surface area contributed by atoms with Crippen LogP contribution in [0, 0.1) is 0 Å². The number of nitrogens with zero attached hydrogens (tertiary/aromatic N) is 3. The minimum atomic E-state index is -3.82. The number of sulfonamides is 1. The maximum Gasteiger partial charge on any atom is 0.264 e. The number of piperazine rings is 1.